The van der Waals surface area contributed by atoms with Gasteiger partial charge >= 0.3 is 0 Å². The van der Waals surface area contributed by atoms with Crippen LogP contribution in [0.15, 0.2) is 30.3 Å². The second-order valence-corrected chi connectivity index (χ2v) is 3.76. The second kappa shape index (κ2) is 3.39. The highest BCUT2D eigenvalue weighted by atomic mass is 16.1. The van der Waals surface area contributed by atoms with Crippen LogP contribution >= 0.6 is 0 Å². The Balaban J connectivity index is 2.88. The molecule has 2 aromatic carbocycles. The van der Waals surface area contributed by atoms with Crippen LogP contribution < -0.4 is 5.73 Å². The van der Waals surface area contributed by atoms with E-state index in [2.05, 4.69) is 6.07 Å². The number of hydrogen-bond acceptors (Lipinski definition) is 1. The van der Waals surface area contributed by atoms with Gasteiger partial charge in [-0.2, -0.15) is 0 Å². The van der Waals surface area contributed by atoms with Gasteiger partial charge in [-0.25, -0.2) is 0 Å². The molecule has 2 rings (SSSR count). The molecular weight excluding hydrogens is 186 g/mol. The Morgan fingerprint density at radius 2 is 1.80 bits per heavy atom. The van der Waals surface area contributed by atoms with E-state index in [9.17, 15) is 4.79 Å². The van der Waals surface area contributed by atoms with E-state index in [-0.39, 0.29) is 5.91 Å². The highest BCUT2D eigenvalue weighted by molar-refractivity contribution is 6.00. The molecule has 2 heteroatoms. The summed E-state index contributed by atoms with van der Waals surface area (Å²) in [5.41, 5.74) is 8.05. The van der Waals surface area contributed by atoms with Crippen LogP contribution in [-0.2, 0) is 0 Å². The maximum Gasteiger partial charge on any atom is 0.248 e. The van der Waals surface area contributed by atoms with E-state index >= 15 is 0 Å². The number of fused-ring (bicyclic) bond motifs is 1. The molecule has 0 saturated carbocycles. The molecule has 2 nitrogen and oxygen atoms in total. The summed E-state index contributed by atoms with van der Waals surface area (Å²) in [5, 5.41) is 2.24. The van der Waals surface area contributed by atoms with Crippen LogP contribution in [0.2, 0.25) is 0 Å². The minimum absolute atomic E-state index is 0.360. The van der Waals surface area contributed by atoms with Gasteiger partial charge in [0.15, 0.2) is 0 Å². The van der Waals surface area contributed by atoms with Crippen molar-refractivity contribution in [2.45, 2.75) is 13.8 Å². The number of primary amides is 1. The van der Waals surface area contributed by atoms with Crippen molar-refractivity contribution in [1.29, 1.82) is 0 Å². The highest BCUT2D eigenvalue weighted by Crippen LogP contribution is 2.24. The van der Waals surface area contributed by atoms with Gasteiger partial charge in [0.25, 0.3) is 0 Å². The molecule has 0 radical (unpaired) electrons. The normalized spacial score (nSPS) is 10.5. The van der Waals surface area contributed by atoms with Gasteiger partial charge in [0, 0.05) is 5.56 Å². The number of amides is 1. The number of nitrogens with two attached hydrogens (primary N) is 1. The predicted octanol–water partition coefficient (Wildman–Crippen LogP) is 2.56. The average Bonchev–Trinajstić information content (AvgIpc) is 2.23. The number of hydrogen-bond donors (Lipinski definition) is 1. The third-order valence-electron chi connectivity index (χ3n) is 2.90. The van der Waals surface area contributed by atoms with E-state index in [1.54, 1.807) is 0 Å². The maximum absolute atomic E-state index is 11.2. The third-order valence-corrected chi connectivity index (χ3v) is 2.90. The summed E-state index contributed by atoms with van der Waals surface area (Å²) in [6.45, 7) is 3.95. The van der Waals surface area contributed by atoms with E-state index in [0.717, 1.165) is 16.5 Å². The maximum atomic E-state index is 11.2. The van der Waals surface area contributed by atoms with Crippen molar-refractivity contribution in [3.63, 3.8) is 0 Å². The number of rotatable bonds is 1. The number of benzene rings is 2. The Bertz CT molecular complexity index is 543. The van der Waals surface area contributed by atoms with Crippen molar-refractivity contribution in [3.8, 4) is 0 Å². The molecular formula is C13H13NO. The summed E-state index contributed by atoms with van der Waals surface area (Å²) in [7, 11) is 0. The molecule has 0 unspecified atom stereocenters. The van der Waals surface area contributed by atoms with Crippen LogP contribution in [0, 0.1) is 13.8 Å². The lowest BCUT2D eigenvalue weighted by molar-refractivity contribution is 0.1000. The molecule has 0 atom stereocenters. The quantitative estimate of drug-likeness (QED) is 0.753. The minimum Gasteiger partial charge on any atom is -0.366 e. The highest BCUT2D eigenvalue weighted by Gasteiger charge is 2.09. The summed E-state index contributed by atoms with van der Waals surface area (Å²) in [4.78, 5) is 11.2. The molecule has 0 aliphatic rings. The molecule has 0 bridgehead atoms. The van der Waals surface area contributed by atoms with Gasteiger partial charge in [-0.1, -0.05) is 24.3 Å². The zero-order valence-electron chi connectivity index (χ0n) is 8.87. The number of carbonyl (C=O) groups excluding carboxylic acids is 1. The summed E-state index contributed by atoms with van der Waals surface area (Å²) in [5.74, 6) is -0.360. The van der Waals surface area contributed by atoms with Crippen molar-refractivity contribution in [2.24, 2.45) is 5.73 Å². The molecule has 1 amide bonds. The zero-order valence-corrected chi connectivity index (χ0v) is 8.87. The molecule has 0 aliphatic carbocycles. The smallest absolute Gasteiger partial charge is 0.248 e. The monoisotopic (exact) mass is 199 g/mol. The van der Waals surface area contributed by atoms with Crippen LogP contribution in [0.25, 0.3) is 10.8 Å². The molecule has 15 heavy (non-hydrogen) atoms. The Labute approximate surface area is 88.7 Å². The van der Waals surface area contributed by atoms with E-state index in [4.69, 9.17) is 5.73 Å². The summed E-state index contributed by atoms with van der Waals surface area (Å²) < 4.78 is 0. The fraction of sp³-hybridized carbons (Fsp3) is 0.154. The van der Waals surface area contributed by atoms with E-state index in [0.29, 0.717) is 5.56 Å². The van der Waals surface area contributed by atoms with E-state index in [1.807, 2.05) is 38.1 Å². The van der Waals surface area contributed by atoms with Crippen molar-refractivity contribution in [1.82, 2.24) is 0 Å². The first-order chi connectivity index (χ1) is 7.11. The predicted molar refractivity (Wildman–Crippen MR) is 61.9 cm³/mol. The van der Waals surface area contributed by atoms with Crippen LogP contribution in [-0.4, -0.2) is 5.91 Å². The van der Waals surface area contributed by atoms with Crippen LogP contribution in [0.4, 0.5) is 0 Å². The molecule has 0 aliphatic heterocycles. The lowest BCUT2D eigenvalue weighted by Crippen LogP contribution is -2.13. The molecule has 0 aromatic heterocycles. The van der Waals surface area contributed by atoms with Gasteiger partial charge in [0.1, 0.15) is 0 Å². The standard InChI is InChI=1S/C13H13NO/c1-8-9(2)12(13(14)15)7-10-5-3-4-6-11(8)10/h3-7H,1-2H3,(H2,14,15). The lowest BCUT2D eigenvalue weighted by atomic mass is 9.96. The van der Waals surface area contributed by atoms with Gasteiger partial charge in [-0.15, -0.1) is 0 Å². The molecule has 2 aromatic rings. The van der Waals surface area contributed by atoms with Crippen molar-refractivity contribution >= 4 is 16.7 Å². The molecule has 0 saturated heterocycles. The van der Waals surface area contributed by atoms with Gasteiger partial charge in [0.2, 0.25) is 5.91 Å². The Hall–Kier alpha value is -1.83. The molecule has 0 heterocycles. The Morgan fingerprint density at radius 1 is 1.13 bits per heavy atom. The lowest BCUT2D eigenvalue weighted by Gasteiger charge is -2.09. The first kappa shape index (κ1) is 9.71. The first-order valence-electron chi connectivity index (χ1n) is 4.90. The Kier molecular flexibility index (Phi) is 2.19. The molecule has 0 fully saturated rings. The van der Waals surface area contributed by atoms with Gasteiger partial charge < -0.3 is 5.73 Å². The van der Waals surface area contributed by atoms with Gasteiger partial charge in [-0.3, -0.25) is 4.79 Å². The third kappa shape index (κ3) is 1.48. The molecule has 0 spiro atoms. The van der Waals surface area contributed by atoms with Gasteiger partial charge in [-0.05, 0) is 41.8 Å². The number of aryl methyl sites for hydroxylation is 1. The molecule has 76 valence electrons. The van der Waals surface area contributed by atoms with Gasteiger partial charge in [0.05, 0.1) is 0 Å². The van der Waals surface area contributed by atoms with E-state index in [1.165, 1.54) is 5.39 Å². The van der Waals surface area contributed by atoms with E-state index < -0.39 is 0 Å². The largest absolute Gasteiger partial charge is 0.366 e. The van der Waals surface area contributed by atoms with Crippen molar-refractivity contribution in [2.75, 3.05) is 0 Å². The first-order valence-corrected chi connectivity index (χ1v) is 4.90. The topological polar surface area (TPSA) is 43.1 Å². The van der Waals surface area contributed by atoms with Crippen LogP contribution in [0.1, 0.15) is 21.5 Å². The van der Waals surface area contributed by atoms with Crippen LogP contribution in [0.5, 0.6) is 0 Å². The van der Waals surface area contributed by atoms with Crippen LogP contribution in [0.3, 0.4) is 0 Å². The zero-order chi connectivity index (χ0) is 11.0. The second-order valence-electron chi connectivity index (χ2n) is 3.76. The summed E-state index contributed by atoms with van der Waals surface area (Å²) in [6.07, 6.45) is 0. The fourth-order valence-corrected chi connectivity index (χ4v) is 1.89. The number of carbonyl (C=O) groups is 1. The van der Waals surface area contributed by atoms with Crippen molar-refractivity contribution in [3.05, 3.63) is 47.0 Å². The summed E-state index contributed by atoms with van der Waals surface area (Å²) >= 11 is 0. The molecule has 2 N–H and O–H groups in total. The fourth-order valence-electron chi connectivity index (χ4n) is 1.89. The SMILES string of the molecule is Cc1c(C(N)=O)cc2ccccc2c1C. The van der Waals surface area contributed by atoms with Crippen molar-refractivity contribution < 1.29 is 4.79 Å². The Morgan fingerprint density at radius 3 is 2.47 bits per heavy atom. The minimum atomic E-state index is -0.360. The average molecular weight is 199 g/mol. The summed E-state index contributed by atoms with van der Waals surface area (Å²) in [6, 6.07) is 9.87.